The molecule has 1 aromatic carbocycles. The van der Waals surface area contributed by atoms with Crippen LogP contribution in [0.25, 0.3) is 0 Å². The fourth-order valence-corrected chi connectivity index (χ4v) is 3.53. The van der Waals surface area contributed by atoms with E-state index in [9.17, 15) is 26.7 Å². The lowest BCUT2D eigenvalue weighted by molar-refractivity contribution is -0.291. The second-order valence-electron chi connectivity index (χ2n) is 5.07. The fraction of sp³-hybridized carbons (Fsp3) is 0.462. The summed E-state index contributed by atoms with van der Waals surface area (Å²) < 4.78 is 64.2. The molecule has 1 aliphatic rings. The number of alkyl halides is 3. The van der Waals surface area contributed by atoms with Gasteiger partial charge in [-0.25, -0.2) is 0 Å². The van der Waals surface area contributed by atoms with Crippen LogP contribution in [0.5, 0.6) is 0 Å². The number of benzene rings is 1. The monoisotopic (exact) mass is 336 g/mol. The number of nitrogens with zero attached hydrogens (tertiary/aromatic N) is 2. The SMILES string of the molecule is CCC1=NN(S(=O)(=O)c2ccc(C)cc2)[C@](O)(C(F)(F)F)C1. The van der Waals surface area contributed by atoms with E-state index in [1.807, 2.05) is 0 Å². The molecule has 1 atom stereocenters. The van der Waals surface area contributed by atoms with Crippen molar-refractivity contribution < 1.29 is 26.7 Å². The summed E-state index contributed by atoms with van der Waals surface area (Å²) in [5.41, 5.74) is -2.83. The highest BCUT2D eigenvalue weighted by Gasteiger charge is 2.64. The van der Waals surface area contributed by atoms with Crippen molar-refractivity contribution in [2.24, 2.45) is 5.10 Å². The molecule has 0 saturated heterocycles. The van der Waals surface area contributed by atoms with Gasteiger partial charge in [0.1, 0.15) is 0 Å². The molecule has 0 aliphatic carbocycles. The minimum atomic E-state index is -5.16. The second-order valence-corrected chi connectivity index (χ2v) is 6.84. The van der Waals surface area contributed by atoms with Crippen molar-refractivity contribution in [3.63, 3.8) is 0 Å². The molecule has 0 unspecified atom stereocenters. The number of halogens is 3. The van der Waals surface area contributed by atoms with Crippen LogP contribution in [0.4, 0.5) is 13.2 Å². The largest absolute Gasteiger partial charge is 0.439 e. The first-order chi connectivity index (χ1) is 10.0. The lowest BCUT2D eigenvalue weighted by atomic mass is 10.1. The molecule has 9 heteroatoms. The minimum Gasteiger partial charge on any atom is -0.361 e. The Balaban J connectivity index is 2.55. The number of hydrogen-bond acceptors (Lipinski definition) is 4. The van der Waals surface area contributed by atoms with Crippen molar-refractivity contribution in [2.75, 3.05) is 0 Å². The van der Waals surface area contributed by atoms with Gasteiger partial charge in [0.15, 0.2) is 0 Å². The molecular weight excluding hydrogens is 321 g/mol. The number of aryl methyl sites for hydroxylation is 1. The first-order valence-corrected chi connectivity index (χ1v) is 7.94. The summed E-state index contributed by atoms with van der Waals surface area (Å²) >= 11 is 0. The summed E-state index contributed by atoms with van der Waals surface area (Å²) in [6.45, 7) is 3.25. The Morgan fingerprint density at radius 2 is 1.86 bits per heavy atom. The molecule has 0 fully saturated rings. The molecule has 0 saturated carbocycles. The lowest BCUT2D eigenvalue weighted by Crippen LogP contribution is -2.56. The quantitative estimate of drug-likeness (QED) is 0.921. The number of hydrogen-bond donors (Lipinski definition) is 1. The molecule has 122 valence electrons. The van der Waals surface area contributed by atoms with E-state index in [2.05, 4.69) is 5.10 Å². The summed E-state index contributed by atoms with van der Waals surface area (Å²) in [6, 6.07) is 5.28. The van der Waals surface area contributed by atoms with Crippen LogP contribution in [0.1, 0.15) is 25.3 Å². The third kappa shape index (κ3) is 2.58. The van der Waals surface area contributed by atoms with Crippen molar-refractivity contribution in [1.82, 2.24) is 4.41 Å². The van der Waals surface area contributed by atoms with Crippen molar-refractivity contribution >= 4 is 15.7 Å². The predicted molar refractivity (Wildman–Crippen MR) is 73.6 cm³/mol. The van der Waals surface area contributed by atoms with Gasteiger partial charge in [-0.2, -0.15) is 26.7 Å². The fourth-order valence-electron chi connectivity index (χ4n) is 2.07. The van der Waals surface area contributed by atoms with Crippen LogP contribution in [0.2, 0.25) is 0 Å². The molecule has 1 N–H and O–H groups in total. The van der Waals surface area contributed by atoms with Gasteiger partial charge in [-0.3, -0.25) is 0 Å². The highest BCUT2D eigenvalue weighted by atomic mass is 32.2. The van der Waals surface area contributed by atoms with Gasteiger partial charge in [0.25, 0.3) is 15.7 Å². The van der Waals surface area contributed by atoms with Crippen molar-refractivity contribution in [1.29, 1.82) is 0 Å². The van der Waals surface area contributed by atoms with Crippen LogP contribution in [-0.4, -0.2) is 35.6 Å². The Bertz CT molecular complexity index is 698. The van der Waals surface area contributed by atoms with Crippen molar-refractivity contribution in [2.45, 2.75) is 43.5 Å². The highest BCUT2D eigenvalue weighted by molar-refractivity contribution is 7.89. The Morgan fingerprint density at radius 1 is 1.32 bits per heavy atom. The first kappa shape index (κ1) is 16.8. The minimum absolute atomic E-state index is 0.0319. The van der Waals surface area contributed by atoms with E-state index in [-0.39, 0.29) is 21.4 Å². The molecule has 0 spiro atoms. The summed E-state index contributed by atoms with van der Waals surface area (Å²) in [5, 5.41) is 13.4. The van der Waals surface area contributed by atoms with E-state index >= 15 is 0 Å². The third-order valence-electron chi connectivity index (χ3n) is 3.41. The average molecular weight is 336 g/mol. The van der Waals surface area contributed by atoms with Gasteiger partial charge in [-0.1, -0.05) is 24.6 Å². The van der Waals surface area contributed by atoms with Crippen LogP contribution in [0.3, 0.4) is 0 Å². The topological polar surface area (TPSA) is 70.0 Å². The van der Waals surface area contributed by atoms with Crippen LogP contribution in [0.15, 0.2) is 34.3 Å². The number of aliphatic hydroxyl groups is 1. The molecule has 1 heterocycles. The van der Waals surface area contributed by atoms with E-state index in [1.165, 1.54) is 31.2 Å². The maximum atomic E-state index is 13.2. The Kier molecular flexibility index (Phi) is 3.99. The molecule has 2 rings (SSSR count). The normalized spacial score (nSPS) is 22.8. The maximum Gasteiger partial charge on any atom is 0.439 e. The van der Waals surface area contributed by atoms with E-state index in [0.29, 0.717) is 0 Å². The van der Waals surface area contributed by atoms with E-state index in [4.69, 9.17) is 0 Å². The van der Waals surface area contributed by atoms with Gasteiger partial charge in [0.2, 0.25) is 0 Å². The molecule has 0 bridgehead atoms. The predicted octanol–water partition coefficient (Wildman–Crippen LogP) is 2.41. The summed E-state index contributed by atoms with van der Waals surface area (Å²) in [7, 11) is -4.61. The van der Waals surface area contributed by atoms with E-state index in [0.717, 1.165) is 5.56 Å². The zero-order valence-corrected chi connectivity index (χ0v) is 12.7. The summed E-state index contributed by atoms with van der Waals surface area (Å²) in [6.07, 6.45) is -5.94. The Morgan fingerprint density at radius 3 is 2.32 bits per heavy atom. The van der Waals surface area contributed by atoms with E-state index < -0.39 is 28.3 Å². The Labute approximate surface area is 126 Å². The summed E-state index contributed by atoms with van der Waals surface area (Å²) in [5.74, 6) is 0. The zero-order chi connectivity index (χ0) is 16.8. The van der Waals surface area contributed by atoms with Crippen LogP contribution in [-0.2, 0) is 10.0 Å². The number of sulfonamides is 1. The summed E-state index contributed by atoms with van der Waals surface area (Å²) in [4.78, 5) is -0.359. The van der Waals surface area contributed by atoms with Gasteiger partial charge in [0.05, 0.1) is 4.90 Å². The van der Waals surface area contributed by atoms with Crippen molar-refractivity contribution in [3.8, 4) is 0 Å². The third-order valence-corrected chi connectivity index (χ3v) is 5.11. The molecule has 0 amide bonds. The number of hydrazone groups is 1. The average Bonchev–Trinajstić information content (AvgIpc) is 2.78. The molecule has 22 heavy (non-hydrogen) atoms. The highest BCUT2D eigenvalue weighted by Crippen LogP contribution is 2.43. The molecule has 1 aromatic rings. The van der Waals surface area contributed by atoms with Crippen molar-refractivity contribution in [3.05, 3.63) is 29.8 Å². The lowest BCUT2D eigenvalue weighted by Gasteiger charge is -2.33. The Hall–Kier alpha value is -1.61. The van der Waals surface area contributed by atoms with Crippen LogP contribution < -0.4 is 0 Å². The molecule has 0 aromatic heterocycles. The van der Waals surface area contributed by atoms with Crippen LogP contribution >= 0.6 is 0 Å². The van der Waals surface area contributed by atoms with Gasteiger partial charge in [0, 0.05) is 12.1 Å². The first-order valence-electron chi connectivity index (χ1n) is 6.50. The number of rotatable bonds is 3. The smallest absolute Gasteiger partial charge is 0.361 e. The van der Waals surface area contributed by atoms with Gasteiger partial charge in [-0.15, -0.1) is 4.41 Å². The van der Waals surface area contributed by atoms with Gasteiger partial charge < -0.3 is 5.11 Å². The zero-order valence-electron chi connectivity index (χ0n) is 11.9. The second kappa shape index (κ2) is 5.24. The van der Waals surface area contributed by atoms with Crippen LogP contribution in [0, 0.1) is 6.92 Å². The standard InChI is InChI=1S/C13H15F3N2O3S/c1-3-10-8-12(19,13(14,15)16)18(17-10)22(20,21)11-6-4-9(2)5-7-11/h4-7,19H,3,8H2,1-2H3/t12-/m1/s1. The molecule has 5 nitrogen and oxygen atoms in total. The van der Waals surface area contributed by atoms with Gasteiger partial charge in [-0.05, 0) is 25.5 Å². The molecular formula is C13H15F3N2O3S. The van der Waals surface area contributed by atoms with E-state index in [1.54, 1.807) is 6.92 Å². The maximum absolute atomic E-state index is 13.2. The molecule has 0 radical (unpaired) electrons. The molecule has 1 aliphatic heterocycles. The van der Waals surface area contributed by atoms with Gasteiger partial charge >= 0.3 is 6.18 Å².